The van der Waals surface area contributed by atoms with Crippen LogP contribution in [0.3, 0.4) is 0 Å². The van der Waals surface area contributed by atoms with Crippen LogP contribution in [0, 0.1) is 6.92 Å². The lowest BCUT2D eigenvalue weighted by Gasteiger charge is -2.09. The number of hydrogen-bond acceptors (Lipinski definition) is 4. The van der Waals surface area contributed by atoms with Crippen LogP contribution in [0.1, 0.15) is 10.4 Å². The molecule has 0 fully saturated rings. The van der Waals surface area contributed by atoms with Gasteiger partial charge in [0.2, 0.25) is 0 Å². The Hall–Kier alpha value is -0.590. The summed E-state index contributed by atoms with van der Waals surface area (Å²) in [4.78, 5) is 5.52. The molecule has 3 N–H and O–H groups in total. The van der Waals surface area contributed by atoms with Crippen molar-refractivity contribution in [3.63, 3.8) is 0 Å². The van der Waals surface area contributed by atoms with Crippen molar-refractivity contribution in [3.05, 3.63) is 37.0 Å². The second-order valence-electron chi connectivity index (χ2n) is 3.56. The maximum absolute atomic E-state index is 5.78. The van der Waals surface area contributed by atoms with Crippen LogP contribution in [-0.2, 0) is 6.54 Å². The average molecular weight is 377 g/mol. The lowest BCUT2D eigenvalue weighted by molar-refractivity contribution is 1.12. The Labute approximate surface area is 121 Å². The molecule has 0 aliphatic carbocycles. The largest absolute Gasteiger partial charge is 0.397 e. The SMILES string of the molecule is Cc1c(N)cnc(NCc2ccc(Br)s2)c1Br. The minimum Gasteiger partial charge on any atom is -0.397 e. The summed E-state index contributed by atoms with van der Waals surface area (Å²) in [6.45, 7) is 2.72. The highest BCUT2D eigenvalue weighted by molar-refractivity contribution is 9.11. The topological polar surface area (TPSA) is 50.9 Å². The molecule has 0 aliphatic rings. The zero-order chi connectivity index (χ0) is 12.4. The first kappa shape index (κ1) is 12.9. The Morgan fingerprint density at radius 3 is 2.82 bits per heavy atom. The zero-order valence-corrected chi connectivity index (χ0v) is 13.1. The molecule has 0 spiro atoms. The maximum atomic E-state index is 5.78. The van der Waals surface area contributed by atoms with Gasteiger partial charge in [0.1, 0.15) is 5.82 Å². The van der Waals surface area contributed by atoms with Gasteiger partial charge in [-0.1, -0.05) is 0 Å². The van der Waals surface area contributed by atoms with Gasteiger partial charge >= 0.3 is 0 Å². The fourth-order valence-electron chi connectivity index (χ4n) is 1.33. The Morgan fingerprint density at radius 2 is 2.18 bits per heavy atom. The Kier molecular flexibility index (Phi) is 4.06. The first-order valence-corrected chi connectivity index (χ1v) is 7.37. The Bertz CT molecular complexity index is 540. The molecule has 2 aromatic rings. The third-order valence-corrected chi connectivity index (χ3v) is 4.96. The molecule has 2 rings (SSSR count). The number of nitrogen functional groups attached to an aromatic ring is 1. The molecule has 17 heavy (non-hydrogen) atoms. The molecule has 0 saturated heterocycles. The van der Waals surface area contributed by atoms with Crippen molar-refractivity contribution in [2.45, 2.75) is 13.5 Å². The van der Waals surface area contributed by atoms with Gasteiger partial charge in [-0.3, -0.25) is 0 Å². The van der Waals surface area contributed by atoms with Gasteiger partial charge in [-0.05, 0) is 56.5 Å². The van der Waals surface area contributed by atoms with E-state index in [1.165, 1.54) is 4.88 Å². The molecule has 0 amide bonds. The quantitative estimate of drug-likeness (QED) is 0.845. The highest BCUT2D eigenvalue weighted by Gasteiger charge is 2.07. The number of anilines is 2. The van der Waals surface area contributed by atoms with Crippen LogP contribution in [0.4, 0.5) is 11.5 Å². The van der Waals surface area contributed by atoms with Gasteiger partial charge in [0, 0.05) is 4.88 Å². The molecule has 0 aromatic carbocycles. The minimum absolute atomic E-state index is 0.696. The van der Waals surface area contributed by atoms with E-state index in [4.69, 9.17) is 5.73 Å². The van der Waals surface area contributed by atoms with E-state index in [1.807, 2.05) is 13.0 Å². The maximum Gasteiger partial charge on any atom is 0.141 e. The smallest absolute Gasteiger partial charge is 0.141 e. The molecule has 0 bridgehead atoms. The third kappa shape index (κ3) is 3.00. The number of pyridine rings is 1. The van der Waals surface area contributed by atoms with E-state index in [0.717, 1.165) is 26.2 Å². The van der Waals surface area contributed by atoms with Crippen LogP contribution in [0.25, 0.3) is 0 Å². The van der Waals surface area contributed by atoms with Crippen LogP contribution < -0.4 is 11.1 Å². The molecule has 0 saturated carbocycles. The van der Waals surface area contributed by atoms with Gasteiger partial charge in [-0.2, -0.15) is 0 Å². The van der Waals surface area contributed by atoms with E-state index in [1.54, 1.807) is 17.5 Å². The number of thiophene rings is 1. The van der Waals surface area contributed by atoms with Crippen molar-refractivity contribution < 1.29 is 0 Å². The molecule has 2 heterocycles. The summed E-state index contributed by atoms with van der Waals surface area (Å²) in [5.41, 5.74) is 7.48. The van der Waals surface area contributed by atoms with E-state index < -0.39 is 0 Å². The van der Waals surface area contributed by atoms with E-state index >= 15 is 0 Å². The summed E-state index contributed by atoms with van der Waals surface area (Å²) in [7, 11) is 0. The van der Waals surface area contributed by atoms with Crippen molar-refractivity contribution in [2.75, 3.05) is 11.1 Å². The monoisotopic (exact) mass is 375 g/mol. The molecular weight excluding hydrogens is 366 g/mol. The number of nitrogens with two attached hydrogens (primary N) is 1. The van der Waals surface area contributed by atoms with Crippen molar-refractivity contribution in [3.8, 4) is 0 Å². The van der Waals surface area contributed by atoms with E-state index in [2.05, 4.69) is 48.2 Å². The number of hydrogen-bond donors (Lipinski definition) is 2. The van der Waals surface area contributed by atoms with Gasteiger partial charge in [0.25, 0.3) is 0 Å². The summed E-state index contributed by atoms with van der Waals surface area (Å²) in [6, 6.07) is 4.12. The minimum atomic E-state index is 0.696. The molecule has 3 nitrogen and oxygen atoms in total. The molecule has 0 aliphatic heterocycles. The van der Waals surface area contributed by atoms with E-state index in [0.29, 0.717) is 5.69 Å². The fraction of sp³-hybridized carbons (Fsp3) is 0.182. The van der Waals surface area contributed by atoms with Crippen molar-refractivity contribution in [1.29, 1.82) is 0 Å². The first-order valence-electron chi connectivity index (χ1n) is 4.96. The van der Waals surface area contributed by atoms with Gasteiger partial charge in [-0.25, -0.2) is 4.98 Å². The lowest BCUT2D eigenvalue weighted by atomic mass is 10.2. The normalized spacial score (nSPS) is 10.5. The van der Waals surface area contributed by atoms with E-state index in [-0.39, 0.29) is 0 Å². The Morgan fingerprint density at radius 1 is 1.41 bits per heavy atom. The van der Waals surface area contributed by atoms with Crippen LogP contribution in [-0.4, -0.2) is 4.98 Å². The third-order valence-electron chi connectivity index (χ3n) is 2.36. The molecule has 90 valence electrons. The van der Waals surface area contributed by atoms with Crippen LogP contribution in [0.2, 0.25) is 0 Å². The summed E-state index contributed by atoms with van der Waals surface area (Å²) in [6.07, 6.45) is 1.67. The van der Waals surface area contributed by atoms with Crippen molar-refractivity contribution in [1.82, 2.24) is 4.98 Å². The van der Waals surface area contributed by atoms with Crippen molar-refractivity contribution >= 4 is 54.7 Å². The number of nitrogens with one attached hydrogen (secondary N) is 1. The molecule has 2 aromatic heterocycles. The van der Waals surface area contributed by atoms with Gasteiger partial charge in [-0.15, -0.1) is 11.3 Å². The number of aromatic nitrogens is 1. The summed E-state index contributed by atoms with van der Waals surface area (Å²) in [5.74, 6) is 0.821. The second-order valence-corrected chi connectivity index (χ2v) is 6.90. The second kappa shape index (κ2) is 5.37. The summed E-state index contributed by atoms with van der Waals surface area (Å²) >= 11 is 8.65. The first-order chi connectivity index (χ1) is 8.08. The molecule has 0 radical (unpaired) electrons. The lowest BCUT2D eigenvalue weighted by Crippen LogP contribution is -2.03. The standard InChI is InChI=1S/C11H11Br2N3S/c1-6-8(14)5-16-11(10(6)13)15-4-7-2-3-9(12)17-7/h2-3,5H,4,14H2,1H3,(H,15,16). The van der Waals surface area contributed by atoms with Gasteiger partial charge in [0.15, 0.2) is 0 Å². The molecule has 0 unspecified atom stereocenters. The molecular formula is C11H11Br2N3S. The highest BCUT2D eigenvalue weighted by Crippen LogP contribution is 2.29. The predicted octanol–water partition coefficient (Wildman–Crippen LogP) is 4.17. The van der Waals surface area contributed by atoms with Crippen LogP contribution >= 0.6 is 43.2 Å². The average Bonchev–Trinajstić information content (AvgIpc) is 2.71. The van der Waals surface area contributed by atoms with E-state index in [9.17, 15) is 0 Å². The summed E-state index contributed by atoms with van der Waals surface area (Å²) in [5, 5.41) is 3.29. The summed E-state index contributed by atoms with van der Waals surface area (Å²) < 4.78 is 2.06. The van der Waals surface area contributed by atoms with Gasteiger partial charge in [0.05, 0.1) is 26.7 Å². The molecule has 0 atom stereocenters. The Balaban J connectivity index is 2.12. The van der Waals surface area contributed by atoms with Crippen LogP contribution in [0.5, 0.6) is 0 Å². The molecule has 6 heteroatoms. The van der Waals surface area contributed by atoms with Crippen LogP contribution in [0.15, 0.2) is 26.6 Å². The number of nitrogens with zero attached hydrogens (tertiary/aromatic N) is 1. The van der Waals surface area contributed by atoms with Crippen molar-refractivity contribution in [2.24, 2.45) is 0 Å². The predicted molar refractivity (Wildman–Crippen MR) is 80.4 cm³/mol. The van der Waals surface area contributed by atoms with Gasteiger partial charge < -0.3 is 11.1 Å². The number of halogens is 2. The number of rotatable bonds is 3. The zero-order valence-electron chi connectivity index (χ0n) is 9.13. The highest BCUT2D eigenvalue weighted by atomic mass is 79.9. The fourth-order valence-corrected chi connectivity index (χ4v) is 3.23.